The topological polar surface area (TPSA) is 58.1 Å². The number of nitrogens with zero attached hydrogens (tertiary/aromatic N) is 3. The SMILES string of the molecule is CCC.Cc1ccc(NC(=O)c2ccc(N3CCCCCS3)cc2Cl)cc1-c1nccc2ncccc12. The quantitative estimate of drug-likeness (QED) is 0.267. The van der Waals surface area contributed by atoms with Crippen LogP contribution >= 0.6 is 23.5 Å². The van der Waals surface area contributed by atoms with Gasteiger partial charge in [0.1, 0.15) is 0 Å². The number of hydrogen-bond acceptors (Lipinski definition) is 5. The van der Waals surface area contributed by atoms with E-state index in [1.54, 1.807) is 12.4 Å². The number of benzene rings is 2. The zero-order valence-corrected chi connectivity index (χ0v) is 23.2. The fraction of sp³-hybridized carbons (Fsp3) is 0.300. The van der Waals surface area contributed by atoms with Crippen molar-refractivity contribution in [1.29, 1.82) is 0 Å². The van der Waals surface area contributed by atoms with E-state index in [1.807, 2.05) is 73.5 Å². The highest BCUT2D eigenvalue weighted by atomic mass is 35.5. The Bertz CT molecular complexity index is 1360. The maximum atomic E-state index is 13.1. The van der Waals surface area contributed by atoms with E-state index < -0.39 is 0 Å². The molecule has 0 spiro atoms. The van der Waals surface area contributed by atoms with Crippen LogP contribution in [0.4, 0.5) is 11.4 Å². The lowest BCUT2D eigenvalue weighted by molar-refractivity contribution is 0.102. The summed E-state index contributed by atoms with van der Waals surface area (Å²) in [6.07, 6.45) is 8.44. The maximum Gasteiger partial charge on any atom is 0.257 e. The number of nitrogens with one attached hydrogen (secondary N) is 1. The molecule has 1 saturated heterocycles. The van der Waals surface area contributed by atoms with Gasteiger partial charge in [-0.15, -0.1) is 0 Å². The third-order valence-corrected chi connectivity index (χ3v) is 7.51. The van der Waals surface area contributed by atoms with Crippen LogP contribution in [0, 0.1) is 6.92 Å². The van der Waals surface area contributed by atoms with Crippen LogP contribution in [0.2, 0.25) is 5.02 Å². The van der Waals surface area contributed by atoms with Gasteiger partial charge in [-0.05, 0) is 85.8 Å². The first-order chi connectivity index (χ1) is 18.0. The highest BCUT2D eigenvalue weighted by molar-refractivity contribution is 8.00. The molecule has 0 radical (unpaired) electrons. The lowest BCUT2D eigenvalue weighted by Crippen LogP contribution is -2.16. The van der Waals surface area contributed by atoms with Gasteiger partial charge in [0, 0.05) is 47.0 Å². The first-order valence-electron chi connectivity index (χ1n) is 12.8. The van der Waals surface area contributed by atoms with Crippen LogP contribution in [0.3, 0.4) is 0 Å². The summed E-state index contributed by atoms with van der Waals surface area (Å²) in [5.41, 5.74) is 5.95. The molecule has 37 heavy (non-hydrogen) atoms. The standard InChI is InChI=1S/C27H25ClN4OS.C3H8/c1-18-7-8-19(16-23(18)26-22-6-5-12-29-25(22)11-13-30-26)31-27(33)21-10-9-20(17-24(21)28)32-14-3-2-4-15-34-32;1-3-2/h5-13,16-17H,2-4,14-15H2,1H3,(H,31,33);3H2,1-2H3. The Kier molecular flexibility index (Phi) is 9.42. The number of amides is 1. The Labute approximate surface area is 228 Å². The molecule has 1 aliphatic heterocycles. The van der Waals surface area contributed by atoms with Crippen LogP contribution in [0.1, 0.15) is 55.5 Å². The summed E-state index contributed by atoms with van der Waals surface area (Å²) in [6.45, 7) is 7.28. The van der Waals surface area contributed by atoms with Gasteiger partial charge in [-0.25, -0.2) is 0 Å². The summed E-state index contributed by atoms with van der Waals surface area (Å²) < 4.78 is 2.28. The van der Waals surface area contributed by atoms with Crippen molar-refractivity contribution in [3.8, 4) is 11.3 Å². The molecule has 0 bridgehead atoms. The monoisotopic (exact) mass is 532 g/mol. The highest BCUT2D eigenvalue weighted by Gasteiger charge is 2.17. The average Bonchev–Trinajstić information content (AvgIpc) is 3.20. The van der Waals surface area contributed by atoms with Crippen molar-refractivity contribution in [3.63, 3.8) is 0 Å². The molecule has 0 atom stereocenters. The van der Waals surface area contributed by atoms with E-state index in [2.05, 4.69) is 33.4 Å². The highest BCUT2D eigenvalue weighted by Crippen LogP contribution is 2.32. The van der Waals surface area contributed by atoms with Crippen LogP contribution in [-0.4, -0.2) is 28.2 Å². The zero-order chi connectivity index (χ0) is 26.2. The second-order valence-electron chi connectivity index (χ2n) is 9.08. The Hall–Kier alpha value is -3.09. The average molecular weight is 533 g/mol. The van der Waals surface area contributed by atoms with Crippen molar-refractivity contribution < 1.29 is 4.79 Å². The van der Waals surface area contributed by atoms with Crippen LogP contribution < -0.4 is 9.62 Å². The first kappa shape index (κ1) is 27.0. The molecule has 0 aliphatic carbocycles. The molecule has 2 aromatic heterocycles. The summed E-state index contributed by atoms with van der Waals surface area (Å²) in [5, 5.41) is 4.43. The van der Waals surface area contributed by atoms with E-state index in [9.17, 15) is 4.79 Å². The van der Waals surface area contributed by atoms with E-state index in [0.29, 0.717) is 16.3 Å². The molecular weight excluding hydrogens is 500 g/mol. The Morgan fingerprint density at radius 2 is 1.86 bits per heavy atom. The Morgan fingerprint density at radius 1 is 1.03 bits per heavy atom. The van der Waals surface area contributed by atoms with E-state index >= 15 is 0 Å². The molecule has 5 nitrogen and oxygen atoms in total. The summed E-state index contributed by atoms with van der Waals surface area (Å²) in [5.74, 6) is 0.874. The molecule has 5 rings (SSSR count). The third-order valence-electron chi connectivity index (χ3n) is 6.02. The molecule has 4 aromatic rings. The molecule has 0 unspecified atom stereocenters. The van der Waals surface area contributed by atoms with E-state index in [-0.39, 0.29) is 5.91 Å². The van der Waals surface area contributed by atoms with Gasteiger partial charge in [0.05, 0.1) is 21.8 Å². The van der Waals surface area contributed by atoms with Gasteiger partial charge >= 0.3 is 0 Å². The summed E-state index contributed by atoms with van der Waals surface area (Å²) in [4.78, 5) is 22.1. The van der Waals surface area contributed by atoms with Crippen molar-refractivity contribution in [3.05, 3.63) is 83.1 Å². The van der Waals surface area contributed by atoms with Crippen molar-refractivity contribution in [2.24, 2.45) is 0 Å². The molecule has 0 saturated carbocycles. The number of carbonyl (C=O) groups is 1. The Morgan fingerprint density at radius 3 is 2.68 bits per heavy atom. The second kappa shape index (κ2) is 12.9. The van der Waals surface area contributed by atoms with Gasteiger partial charge in [0.15, 0.2) is 0 Å². The molecule has 1 amide bonds. The molecule has 3 heterocycles. The lowest BCUT2D eigenvalue weighted by atomic mass is 10.0. The zero-order valence-electron chi connectivity index (χ0n) is 21.6. The van der Waals surface area contributed by atoms with Crippen LogP contribution in [0.25, 0.3) is 22.2 Å². The smallest absolute Gasteiger partial charge is 0.257 e. The molecule has 1 N–H and O–H groups in total. The van der Waals surface area contributed by atoms with E-state index in [4.69, 9.17) is 11.6 Å². The molecule has 1 fully saturated rings. The molecule has 7 heteroatoms. The maximum absolute atomic E-state index is 13.1. The second-order valence-corrected chi connectivity index (χ2v) is 10.6. The number of aryl methyl sites for hydroxylation is 1. The number of aromatic nitrogens is 2. The Balaban J connectivity index is 0.00000102. The largest absolute Gasteiger partial charge is 0.322 e. The fourth-order valence-electron chi connectivity index (χ4n) is 4.19. The summed E-state index contributed by atoms with van der Waals surface area (Å²) in [7, 11) is 0. The molecule has 2 aromatic carbocycles. The minimum Gasteiger partial charge on any atom is -0.322 e. The normalized spacial score (nSPS) is 13.5. The van der Waals surface area contributed by atoms with Gasteiger partial charge < -0.3 is 9.62 Å². The minimum atomic E-state index is -0.234. The van der Waals surface area contributed by atoms with Crippen molar-refractivity contribution in [2.75, 3.05) is 21.9 Å². The van der Waals surface area contributed by atoms with Gasteiger partial charge in [-0.3, -0.25) is 14.8 Å². The van der Waals surface area contributed by atoms with Crippen LogP contribution in [0.15, 0.2) is 67.0 Å². The molecule has 192 valence electrons. The number of fused-ring (bicyclic) bond motifs is 1. The number of anilines is 2. The van der Waals surface area contributed by atoms with Crippen molar-refractivity contribution in [1.82, 2.24) is 9.97 Å². The third kappa shape index (κ3) is 6.62. The predicted molar refractivity (Wildman–Crippen MR) is 159 cm³/mol. The van der Waals surface area contributed by atoms with Crippen molar-refractivity contribution >= 4 is 51.7 Å². The summed E-state index contributed by atoms with van der Waals surface area (Å²) in [6, 6.07) is 17.3. The van der Waals surface area contributed by atoms with Crippen LogP contribution in [-0.2, 0) is 0 Å². The predicted octanol–water partition coefficient (Wildman–Crippen LogP) is 8.57. The number of pyridine rings is 2. The van der Waals surface area contributed by atoms with E-state index in [0.717, 1.165) is 45.7 Å². The minimum absolute atomic E-state index is 0.234. The number of hydrogen-bond donors (Lipinski definition) is 1. The van der Waals surface area contributed by atoms with Gasteiger partial charge in [-0.1, -0.05) is 44.4 Å². The number of halogens is 1. The fourth-order valence-corrected chi connectivity index (χ4v) is 5.53. The van der Waals surface area contributed by atoms with Crippen LogP contribution in [0.5, 0.6) is 0 Å². The first-order valence-corrected chi connectivity index (χ1v) is 14.2. The van der Waals surface area contributed by atoms with Gasteiger partial charge in [0.25, 0.3) is 5.91 Å². The number of carbonyl (C=O) groups excluding carboxylic acids is 1. The lowest BCUT2D eigenvalue weighted by Gasteiger charge is -2.21. The van der Waals surface area contributed by atoms with Gasteiger partial charge in [0.2, 0.25) is 0 Å². The summed E-state index contributed by atoms with van der Waals surface area (Å²) >= 11 is 8.38. The number of rotatable bonds is 4. The van der Waals surface area contributed by atoms with Gasteiger partial charge in [-0.2, -0.15) is 0 Å². The molecule has 1 aliphatic rings. The van der Waals surface area contributed by atoms with E-state index in [1.165, 1.54) is 25.7 Å². The molecular formula is C30H33ClN4OS. The van der Waals surface area contributed by atoms with Crippen molar-refractivity contribution in [2.45, 2.75) is 46.5 Å².